The Labute approximate surface area is 109 Å². The van der Waals surface area contributed by atoms with Crippen molar-refractivity contribution in [2.45, 2.75) is 64.1 Å². The fourth-order valence-electron chi connectivity index (χ4n) is 2.27. The van der Waals surface area contributed by atoms with Crippen molar-refractivity contribution in [2.24, 2.45) is 0 Å². The summed E-state index contributed by atoms with van der Waals surface area (Å²) in [5, 5.41) is 0. The lowest BCUT2D eigenvalue weighted by Gasteiger charge is -2.40. The average Bonchev–Trinajstić information content (AvgIpc) is 2.26. The molecule has 4 heteroatoms. The van der Waals surface area contributed by atoms with Gasteiger partial charge in [0, 0.05) is 6.04 Å². The van der Waals surface area contributed by atoms with Gasteiger partial charge >= 0.3 is 6.09 Å². The van der Waals surface area contributed by atoms with Gasteiger partial charge in [0.05, 0.1) is 6.04 Å². The molecule has 0 unspecified atom stereocenters. The van der Waals surface area contributed by atoms with Crippen LogP contribution in [0.2, 0.25) is 0 Å². The Morgan fingerprint density at radius 3 is 2.61 bits per heavy atom. The van der Waals surface area contributed by atoms with Crippen molar-refractivity contribution in [3.63, 3.8) is 0 Å². The first-order valence-corrected chi connectivity index (χ1v) is 6.46. The molecule has 1 rings (SSSR count). The molecule has 0 saturated carbocycles. The third kappa shape index (κ3) is 3.86. The highest BCUT2D eigenvalue weighted by Crippen LogP contribution is 2.26. The number of rotatable bonds is 3. The van der Waals surface area contributed by atoms with E-state index in [1.165, 1.54) is 0 Å². The molecule has 0 bridgehead atoms. The van der Waals surface area contributed by atoms with Gasteiger partial charge in [0.15, 0.2) is 0 Å². The zero-order chi connectivity index (χ0) is 13.8. The zero-order valence-corrected chi connectivity index (χ0v) is 11.5. The maximum atomic E-state index is 12.2. The van der Waals surface area contributed by atoms with E-state index in [0.29, 0.717) is 6.42 Å². The van der Waals surface area contributed by atoms with E-state index in [0.717, 1.165) is 25.5 Å². The van der Waals surface area contributed by atoms with Gasteiger partial charge in [-0.05, 0) is 46.5 Å². The molecular weight excluding hydrogens is 230 g/mol. The molecule has 0 aliphatic carbocycles. The van der Waals surface area contributed by atoms with Crippen LogP contribution in [0.4, 0.5) is 4.79 Å². The molecule has 0 N–H and O–H groups in total. The summed E-state index contributed by atoms with van der Waals surface area (Å²) in [6.07, 6.45) is 5.51. The van der Waals surface area contributed by atoms with Crippen molar-refractivity contribution in [1.82, 2.24) is 4.90 Å². The lowest BCUT2D eigenvalue weighted by Crippen LogP contribution is -2.52. The van der Waals surface area contributed by atoms with Crippen LogP contribution in [0.1, 0.15) is 46.5 Å². The van der Waals surface area contributed by atoms with Gasteiger partial charge in [0.1, 0.15) is 11.9 Å². The highest BCUT2D eigenvalue weighted by molar-refractivity contribution is 5.74. The highest BCUT2D eigenvalue weighted by Gasteiger charge is 2.35. The number of aldehydes is 1. The Hall–Kier alpha value is -1.32. The first-order chi connectivity index (χ1) is 8.39. The molecule has 0 aromatic carbocycles. The Morgan fingerprint density at radius 2 is 2.11 bits per heavy atom. The molecule has 1 saturated heterocycles. The maximum absolute atomic E-state index is 12.2. The number of carbonyl (C=O) groups is 2. The smallest absolute Gasteiger partial charge is 0.411 e. The highest BCUT2D eigenvalue weighted by atomic mass is 16.6. The normalized spacial score (nSPS) is 24.5. The number of hydrogen-bond acceptors (Lipinski definition) is 3. The van der Waals surface area contributed by atoms with Gasteiger partial charge in [-0.2, -0.15) is 0 Å². The fourth-order valence-corrected chi connectivity index (χ4v) is 2.27. The summed E-state index contributed by atoms with van der Waals surface area (Å²) in [4.78, 5) is 24.9. The van der Waals surface area contributed by atoms with Crippen LogP contribution in [0.5, 0.6) is 0 Å². The molecular formula is C14H23NO3. The summed E-state index contributed by atoms with van der Waals surface area (Å²) in [7, 11) is 0. The Morgan fingerprint density at radius 1 is 1.44 bits per heavy atom. The molecule has 1 fully saturated rings. The molecule has 1 heterocycles. The Kier molecular flexibility index (Phi) is 4.93. The van der Waals surface area contributed by atoms with E-state index in [1.54, 1.807) is 11.0 Å². The van der Waals surface area contributed by atoms with E-state index in [9.17, 15) is 9.59 Å². The van der Waals surface area contributed by atoms with Gasteiger partial charge in [0.2, 0.25) is 0 Å². The predicted molar refractivity (Wildman–Crippen MR) is 70.4 cm³/mol. The number of hydrogen-bond donors (Lipinski definition) is 0. The van der Waals surface area contributed by atoms with E-state index >= 15 is 0 Å². The predicted octanol–water partition coefficient (Wildman–Crippen LogP) is 2.92. The molecule has 0 radical (unpaired) electrons. The van der Waals surface area contributed by atoms with Crippen LogP contribution >= 0.6 is 0 Å². The first kappa shape index (κ1) is 14.7. The summed E-state index contributed by atoms with van der Waals surface area (Å²) in [5.74, 6) is 0. The molecule has 2 atom stereocenters. The second kappa shape index (κ2) is 6.03. The molecule has 102 valence electrons. The number of amides is 1. The monoisotopic (exact) mass is 253 g/mol. The Bertz CT molecular complexity index is 319. The van der Waals surface area contributed by atoms with E-state index in [2.05, 4.69) is 6.58 Å². The van der Waals surface area contributed by atoms with Crippen LogP contribution in [0.25, 0.3) is 0 Å². The number of ether oxygens (including phenoxy) is 1. The molecule has 0 spiro atoms. The topological polar surface area (TPSA) is 46.6 Å². The van der Waals surface area contributed by atoms with Gasteiger partial charge in [-0.15, -0.1) is 6.58 Å². The van der Waals surface area contributed by atoms with Crippen LogP contribution in [0.3, 0.4) is 0 Å². The summed E-state index contributed by atoms with van der Waals surface area (Å²) < 4.78 is 5.38. The minimum Gasteiger partial charge on any atom is -0.444 e. The van der Waals surface area contributed by atoms with E-state index < -0.39 is 11.7 Å². The SMILES string of the molecule is C=CC[C@H]1CCC[C@@H](C=O)N1C(=O)OC(C)(C)C. The van der Waals surface area contributed by atoms with Crippen molar-refractivity contribution in [2.75, 3.05) is 0 Å². The van der Waals surface area contributed by atoms with Crippen molar-refractivity contribution in [3.8, 4) is 0 Å². The minimum absolute atomic E-state index is 0.0290. The van der Waals surface area contributed by atoms with Crippen molar-refractivity contribution < 1.29 is 14.3 Å². The lowest BCUT2D eigenvalue weighted by molar-refractivity contribution is -0.114. The number of nitrogens with zero attached hydrogens (tertiary/aromatic N) is 1. The maximum Gasteiger partial charge on any atom is 0.411 e. The number of piperidine rings is 1. The van der Waals surface area contributed by atoms with Crippen LogP contribution in [-0.4, -0.2) is 35.0 Å². The third-order valence-corrected chi connectivity index (χ3v) is 2.99. The Balaban J connectivity index is 2.84. The third-order valence-electron chi connectivity index (χ3n) is 2.99. The zero-order valence-electron chi connectivity index (χ0n) is 11.5. The largest absolute Gasteiger partial charge is 0.444 e. The number of likely N-dealkylation sites (tertiary alicyclic amines) is 1. The van der Waals surface area contributed by atoms with E-state index in [4.69, 9.17) is 4.74 Å². The van der Waals surface area contributed by atoms with Gasteiger partial charge in [0.25, 0.3) is 0 Å². The summed E-state index contributed by atoms with van der Waals surface area (Å²) in [6, 6.07) is -0.333. The molecule has 4 nitrogen and oxygen atoms in total. The quantitative estimate of drug-likeness (QED) is 0.574. The van der Waals surface area contributed by atoms with Gasteiger partial charge in [-0.25, -0.2) is 4.79 Å². The van der Waals surface area contributed by atoms with Gasteiger partial charge in [-0.3, -0.25) is 4.90 Å². The van der Waals surface area contributed by atoms with Crippen LogP contribution in [-0.2, 0) is 9.53 Å². The van der Waals surface area contributed by atoms with Gasteiger partial charge in [-0.1, -0.05) is 6.08 Å². The van der Waals surface area contributed by atoms with Crippen LogP contribution in [0, 0.1) is 0 Å². The van der Waals surface area contributed by atoms with Gasteiger partial charge < -0.3 is 9.53 Å². The average molecular weight is 253 g/mol. The first-order valence-electron chi connectivity index (χ1n) is 6.46. The molecule has 1 aliphatic rings. The van der Waals surface area contributed by atoms with Crippen molar-refractivity contribution in [1.29, 1.82) is 0 Å². The molecule has 0 aromatic rings. The fraction of sp³-hybridized carbons (Fsp3) is 0.714. The summed E-state index contributed by atoms with van der Waals surface area (Å²) in [5.41, 5.74) is -0.541. The van der Waals surface area contributed by atoms with Crippen molar-refractivity contribution in [3.05, 3.63) is 12.7 Å². The number of carbonyl (C=O) groups excluding carboxylic acids is 2. The van der Waals surface area contributed by atoms with E-state index in [1.807, 2.05) is 20.8 Å². The molecule has 18 heavy (non-hydrogen) atoms. The standard InChI is InChI=1S/C14H23NO3/c1-5-7-11-8-6-9-12(10-16)15(11)13(17)18-14(2,3)4/h5,10-12H,1,6-9H2,2-4H3/t11-,12-/m0/s1. The van der Waals surface area contributed by atoms with Crippen molar-refractivity contribution >= 4 is 12.4 Å². The van der Waals surface area contributed by atoms with E-state index in [-0.39, 0.29) is 12.1 Å². The summed E-state index contributed by atoms with van der Waals surface area (Å²) >= 11 is 0. The lowest BCUT2D eigenvalue weighted by atomic mass is 9.94. The van der Waals surface area contributed by atoms with Crippen LogP contribution < -0.4 is 0 Å². The second-order valence-electron chi connectivity index (χ2n) is 5.70. The summed E-state index contributed by atoms with van der Waals surface area (Å²) in [6.45, 7) is 9.19. The second-order valence-corrected chi connectivity index (χ2v) is 5.70. The minimum atomic E-state index is -0.541. The molecule has 1 amide bonds. The van der Waals surface area contributed by atoms with Crippen LogP contribution in [0.15, 0.2) is 12.7 Å². The molecule has 1 aliphatic heterocycles. The molecule has 0 aromatic heterocycles.